The summed E-state index contributed by atoms with van der Waals surface area (Å²) in [6.07, 6.45) is 1.61. The van der Waals surface area contributed by atoms with Crippen molar-refractivity contribution in [2.45, 2.75) is 20.8 Å². The average Bonchev–Trinajstić information content (AvgIpc) is 2.09. The van der Waals surface area contributed by atoms with Gasteiger partial charge in [-0.05, 0) is 32.4 Å². The minimum absolute atomic E-state index is 0.254. The molecule has 0 N–H and O–H groups in total. The van der Waals surface area contributed by atoms with Gasteiger partial charge >= 0.3 is 10.1 Å². The maximum Gasteiger partial charge on any atom is 0.313 e. The molecule has 0 bridgehead atoms. The van der Waals surface area contributed by atoms with Crippen LogP contribution in [0.1, 0.15) is 18.2 Å². The number of pyridine rings is 1. The molecule has 0 aromatic carbocycles. The van der Waals surface area contributed by atoms with Gasteiger partial charge in [0.15, 0.2) is 5.75 Å². The first kappa shape index (κ1) is 13.1. The van der Waals surface area contributed by atoms with E-state index in [4.69, 9.17) is 16.4 Å². The SMILES string of the molecule is CC(=S)CS(=O)(=O)Oc1c(C)ccnc1C. The summed E-state index contributed by atoms with van der Waals surface area (Å²) in [6, 6.07) is 1.70. The van der Waals surface area contributed by atoms with E-state index in [0.717, 1.165) is 5.56 Å². The van der Waals surface area contributed by atoms with Gasteiger partial charge in [0.25, 0.3) is 0 Å². The highest BCUT2D eigenvalue weighted by atomic mass is 32.2. The Kier molecular flexibility index (Phi) is 3.98. The number of aromatic nitrogens is 1. The predicted octanol–water partition coefficient (Wildman–Crippen LogP) is 1.80. The molecule has 0 aliphatic heterocycles. The first-order chi connectivity index (χ1) is 7.32. The molecule has 0 saturated carbocycles. The highest BCUT2D eigenvalue weighted by Crippen LogP contribution is 2.22. The van der Waals surface area contributed by atoms with Crippen molar-refractivity contribution in [2.75, 3.05) is 5.75 Å². The fraction of sp³-hybridized carbons (Fsp3) is 0.400. The topological polar surface area (TPSA) is 56.3 Å². The van der Waals surface area contributed by atoms with Crippen LogP contribution in [0.4, 0.5) is 0 Å². The molecule has 0 fully saturated rings. The quantitative estimate of drug-likeness (QED) is 0.609. The predicted molar refractivity (Wildman–Crippen MR) is 66.4 cm³/mol. The molecule has 1 rings (SSSR count). The van der Waals surface area contributed by atoms with Crippen LogP contribution in [0.3, 0.4) is 0 Å². The van der Waals surface area contributed by atoms with E-state index in [9.17, 15) is 8.42 Å². The third kappa shape index (κ3) is 3.53. The lowest BCUT2D eigenvalue weighted by atomic mass is 10.2. The number of hydrogen-bond donors (Lipinski definition) is 0. The normalized spacial score (nSPS) is 11.2. The van der Waals surface area contributed by atoms with E-state index >= 15 is 0 Å². The van der Waals surface area contributed by atoms with Gasteiger partial charge in [-0.2, -0.15) is 8.42 Å². The van der Waals surface area contributed by atoms with Crippen LogP contribution in [0.2, 0.25) is 0 Å². The summed E-state index contributed by atoms with van der Waals surface area (Å²) in [5.41, 5.74) is 1.28. The molecule has 0 aliphatic carbocycles. The van der Waals surface area contributed by atoms with Gasteiger partial charge in [0, 0.05) is 11.1 Å². The second-order valence-electron chi connectivity index (χ2n) is 3.53. The van der Waals surface area contributed by atoms with Gasteiger partial charge in [-0.1, -0.05) is 12.2 Å². The van der Waals surface area contributed by atoms with Crippen molar-refractivity contribution in [2.24, 2.45) is 0 Å². The van der Waals surface area contributed by atoms with E-state index < -0.39 is 10.1 Å². The van der Waals surface area contributed by atoms with Gasteiger partial charge in [0.1, 0.15) is 5.75 Å². The van der Waals surface area contributed by atoms with Crippen LogP contribution < -0.4 is 4.18 Å². The number of hydrogen-bond acceptors (Lipinski definition) is 5. The third-order valence-corrected chi connectivity index (χ3v) is 3.40. The fourth-order valence-corrected chi connectivity index (χ4v) is 2.71. The van der Waals surface area contributed by atoms with Crippen LogP contribution in [-0.2, 0) is 10.1 Å². The van der Waals surface area contributed by atoms with Crippen molar-refractivity contribution < 1.29 is 12.6 Å². The number of rotatable bonds is 4. The lowest BCUT2D eigenvalue weighted by Crippen LogP contribution is -2.19. The molecular formula is C10H13NO3S2. The summed E-state index contributed by atoms with van der Waals surface area (Å²) in [5, 5.41) is 0. The van der Waals surface area contributed by atoms with Crippen LogP contribution >= 0.6 is 12.2 Å². The van der Waals surface area contributed by atoms with Crippen molar-refractivity contribution in [1.82, 2.24) is 4.98 Å². The first-order valence-electron chi connectivity index (χ1n) is 4.65. The van der Waals surface area contributed by atoms with E-state index in [0.29, 0.717) is 16.3 Å². The van der Waals surface area contributed by atoms with Crippen LogP contribution in [0.5, 0.6) is 5.75 Å². The smallest absolute Gasteiger partial charge is 0.313 e. The maximum atomic E-state index is 11.6. The van der Waals surface area contributed by atoms with Crippen LogP contribution in [0.15, 0.2) is 12.3 Å². The summed E-state index contributed by atoms with van der Waals surface area (Å²) in [7, 11) is -3.66. The van der Waals surface area contributed by atoms with Gasteiger partial charge in [-0.3, -0.25) is 4.98 Å². The lowest BCUT2D eigenvalue weighted by molar-refractivity contribution is 0.485. The summed E-state index contributed by atoms with van der Waals surface area (Å²) < 4.78 is 28.2. The first-order valence-corrected chi connectivity index (χ1v) is 6.64. The minimum Gasteiger partial charge on any atom is -0.380 e. The van der Waals surface area contributed by atoms with Crippen molar-refractivity contribution >= 4 is 27.2 Å². The van der Waals surface area contributed by atoms with E-state index in [1.807, 2.05) is 0 Å². The van der Waals surface area contributed by atoms with Gasteiger partial charge in [-0.15, -0.1) is 0 Å². The van der Waals surface area contributed by atoms with Crippen LogP contribution in [0.25, 0.3) is 0 Å². The Morgan fingerprint density at radius 2 is 2.12 bits per heavy atom. The summed E-state index contributed by atoms with van der Waals surface area (Å²) in [6.45, 7) is 5.03. The molecule has 0 amide bonds. The second kappa shape index (κ2) is 4.88. The molecular weight excluding hydrogens is 246 g/mol. The molecule has 6 heteroatoms. The highest BCUT2D eigenvalue weighted by molar-refractivity contribution is 7.90. The largest absolute Gasteiger partial charge is 0.380 e. The molecule has 0 spiro atoms. The molecule has 1 heterocycles. The van der Waals surface area contributed by atoms with Crippen molar-refractivity contribution in [1.29, 1.82) is 0 Å². The Balaban J connectivity index is 3.01. The molecule has 0 aliphatic rings. The summed E-state index contributed by atoms with van der Waals surface area (Å²) in [5.74, 6) is 0.0366. The molecule has 0 radical (unpaired) electrons. The van der Waals surface area contributed by atoms with Gasteiger partial charge in [-0.25, -0.2) is 0 Å². The van der Waals surface area contributed by atoms with Crippen molar-refractivity contribution in [3.8, 4) is 5.75 Å². The summed E-state index contributed by atoms with van der Waals surface area (Å²) in [4.78, 5) is 4.36. The monoisotopic (exact) mass is 259 g/mol. The molecule has 16 heavy (non-hydrogen) atoms. The number of nitrogens with zero attached hydrogens (tertiary/aromatic N) is 1. The van der Waals surface area contributed by atoms with Gasteiger partial charge in [0.05, 0.1) is 5.69 Å². The fourth-order valence-electron chi connectivity index (χ4n) is 1.21. The molecule has 1 aromatic heterocycles. The second-order valence-corrected chi connectivity index (χ2v) is 5.80. The van der Waals surface area contributed by atoms with E-state index in [1.165, 1.54) is 0 Å². The highest BCUT2D eigenvalue weighted by Gasteiger charge is 2.17. The number of thiocarbonyl (C=S) groups is 1. The minimum atomic E-state index is -3.66. The molecule has 0 atom stereocenters. The number of aryl methyl sites for hydroxylation is 2. The van der Waals surface area contributed by atoms with Crippen LogP contribution in [0, 0.1) is 13.8 Å². The van der Waals surface area contributed by atoms with E-state index in [-0.39, 0.29) is 5.75 Å². The molecule has 0 saturated heterocycles. The lowest BCUT2D eigenvalue weighted by Gasteiger charge is -2.10. The summed E-state index contributed by atoms with van der Waals surface area (Å²) >= 11 is 4.75. The zero-order chi connectivity index (χ0) is 12.3. The Bertz CT molecular complexity index is 489. The zero-order valence-electron chi connectivity index (χ0n) is 9.35. The molecule has 0 unspecified atom stereocenters. The molecule has 4 nitrogen and oxygen atoms in total. The Morgan fingerprint density at radius 3 is 2.62 bits per heavy atom. The average molecular weight is 259 g/mol. The van der Waals surface area contributed by atoms with Crippen molar-refractivity contribution in [3.63, 3.8) is 0 Å². The van der Waals surface area contributed by atoms with E-state index in [1.54, 1.807) is 33.0 Å². The Morgan fingerprint density at radius 1 is 1.50 bits per heavy atom. The zero-order valence-corrected chi connectivity index (χ0v) is 11.0. The van der Waals surface area contributed by atoms with E-state index in [2.05, 4.69) is 4.98 Å². The van der Waals surface area contributed by atoms with Gasteiger partial charge in [0.2, 0.25) is 0 Å². The third-order valence-electron chi connectivity index (χ3n) is 1.87. The Hall–Kier alpha value is -1.01. The van der Waals surface area contributed by atoms with Gasteiger partial charge < -0.3 is 4.18 Å². The van der Waals surface area contributed by atoms with Crippen molar-refractivity contribution in [3.05, 3.63) is 23.5 Å². The molecule has 88 valence electrons. The standard InChI is InChI=1S/C10H13NO3S2/c1-7-4-5-11-9(3)10(7)14-16(12,13)6-8(2)15/h4-5H,6H2,1-3H3. The van der Waals surface area contributed by atoms with Crippen LogP contribution in [-0.4, -0.2) is 24.0 Å². The maximum absolute atomic E-state index is 11.6. The molecule has 1 aromatic rings. The Labute approximate surface area is 101 Å².